The summed E-state index contributed by atoms with van der Waals surface area (Å²) in [7, 11) is -2.26. The van der Waals surface area contributed by atoms with Crippen LogP contribution in [0.2, 0.25) is 0 Å². The van der Waals surface area contributed by atoms with E-state index in [4.69, 9.17) is 5.14 Å². The van der Waals surface area contributed by atoms with E-state index in [9.17, 15) is 18.5 Å². The largest absolute Gasteiger partial charge is 0.311 e. The Hall–Kier alpha value is -2.95. The molecule has 0 spiro atoms. The number of nitrogens with zero attached hydrogens (tertiary/aromatic N) is 2. The SMILES string of the molecule is Cc1c(C#N)c2cc(-c3ccccc3S(N)(=O)=O)ccc2n(C)c1=O. The zero-order valence-corrected chi connectivity index (χ0v) is 14.5. The molecule has 126 valence electrons. The summed E-state index contributed by atoms with van der Waals surface area (Å²) in [5.41, 5.74) is 2.06. The van der Waals surface area contributed by atoms with Crippen LogP contribution in [0.15, 0.2) is 52.2 Å². The zero-order valence-electron chi connectivity index (χ0n) is 13.6. The van der Waals surface area contributed by atoms with Gasteiger partial charge in [-0.05, 0) is 30.7 Å². The Balaban J connectivity index is 2.42. The molecule has 0 bridgehead atoms. The minimum atomic E-state index is -3.89. The van der Waals surface area contributed by atoms with Gasteiger partial charge in [0, 0.05) is 23.6 Å². The number of hydrogen-bond donors (Lipinski definition) is 1. The van der Waals surface area contributed by atoms with Gasteiger partial charge in [-0.1, -0.05) is 24.3 Å². The summed E-state index contributed by atoms with van der Waals surface area (Å²) in [5.74, 6) is 0. The Morgan fingerprint density at radius 2 is 1.84 bits per heavy atom. The van der Waals surface area contributed by atoms with Crippen LogP contribution in [-0.4, -0.2) is 13.0 Å². The molecule has 3 rings (SSSR count). The molecule has 7 heteroatoms. The summed E-state index contributed by atoms with van der Waals surface area (Å²) in [4.78, 5) is 12.2. The number of nitrogens with two attached hydrogens (primary N) is 1. The lowest BCUT2D eigenvalue weighted by atomic mass is 9.99. The second-order valence-corrected chi connectivity index (χ2v) is 7.28. The van der Waals surface area contributed by atoms with Crippen molar-refractivity contribution in [3.05, 3.63) is 63.9 Å². The lowest BCUT2D eigenvalue weighted by Crippen LogP contribution is -2.21. The van der Waals surface area contributed by atoms with Crippen molar-refractivity contribution in [1.29, 1.82) is 5.26 Å². The molecule has 0 atom stereocenters. The first kappa shape index (κ1) is 16.9. The molecule has 0 amide bonds. The van der Waals surface area contributed by atoms with Crippen LogP contribution in [0.4, 0.5) is 0 Å². The van der Waals surface area contributed by atoms with Gasteiger partial charge in [0.1, 0.15) is 6.07 Å². The van der Waals surface area contributed by atoms with E-state index in [0.717, 1.165) is 0 Å². The third kappa shape index (κ3) is 2.71. The van der Waals surface area contributed by atoms with E-state index in [0.29, 0.717) is 27.6 Å². The van der Waals surface area contributed by atoms with Gasteiger partial charge in [-0.3, -0.25) is 4.79 Å². The van der Waals surface area contributed by atoms with E-state index >= 15 is 0 Å². The van der Waals surface area contributed by atoms with Gasteiger partial charge in [-0.15, -0.1) is 0 Å². The van der Waals surface area contributed by atoms with Gasteiger partial charge in [0.2, 0.25) is 10.0 Å². The topological polar surface area (TPSA) is 106 Å². The van der Waals surface area contributed by atoms with Crippen molar-refractivity contribution in [3.8, 4) is 17.2 Å². The van der Waals surface area contributed by atoms with Crippen molar-refractivity contribution in [2.45, 2.75) is 11.8 Å². The fourth-order valence-electron chi connectivity index (χ4n) is 2.96. The van der Waals surface area contributed by atoms with Crippen molar-refractivity contribution in [3.63, 3.8) is 0 Å². The molecule has 0 aliphatic rings. The van der Waals surface area contributed by atoms with Gasteiger partial charge < -0.3 is 4.57 Å². The molecule has 6 nitrogen and oxygen atoms in total. The smallest absolute Gasteiger partial charge is 0.255 e. The molecule has 0 fully saturated rings. The molecule has 25 heavy (non-hydrogen) atoms. The number of aryl methyl sites for hydroxylation is 1. The highest BCUT2D eigenvalue weighted by Crippen LogP contribution is 2.30. The first-order valence-electron chi connectivity index (χ1n) is 7.41. The van der Waals surface area contributed by atoms with E-state index in [1.807, 2.05) is 0 Å². The van der Waals surface area contributed by atoms with Crippen molar-refractivity contribution in [1.82, 2.24) is 4.57 Å². The number of fused-ring (bicyclic) bond motifs is 1. The van der Waals surface area contributed by atoms with Crippen LogP contribution in [0.1, 0.15) is 11.1 Å². The molecular formula is C18H15N3O3S. The highest BCUT2D eigenvalue weighted by atomic mass is 32.2. The quantitative estimate of drug-likeness (QED) is 0.761. The summed E-state index contributed by atoms with van der Waals surface area (Å²) < 4.78 is 25.2. The second kappa shape index (κ2) is 5.84. The zero-order chi connectivity index (χ0) is 18.4. The van der Waals surface area contributed by atoms with E-state index in [1.54, 1.807) is 50.4 Å². The van der Waals surface area contributed by atoms with Gasteiger partial charge in [0.05, 0.1) is 16.0 Å². The van der Waals surface area contributed by atoms with Gasteiger partial charge in [-0.2, -0.15) is 5.26 Å². The number of pyridine rings is 1. The van der Waals surface area contributed by atoms with Crippen LogP contribution < -0.4 is 10.7 Å². The molecule has 1 aromatic heterocycles. The van der Waals surface area contributed by atoms with Gasteiger partial charge in [0.25, 0.3) is 5.56 Å². The summed E-state index contributed by atoms with van der Waals surface area (Å²) in [6.07, 6.45) is 0. The molecule has 1 heterocycles. The highest BCUT2D eigenvalue weighted by molar-refractivity contribution is 7.89. The molecule has 0 radical (unpaired) electrons. The van der Waals surface area contributed by atoms with Gasteiger partial charge in [-0.25, -0.2) is 13.6 Å². The molecule has 0 unspecified atom stereocenters. The van der Waals surface area contributed by atoms with E-state index < -0.39 is 10.0 Å². The number of aromatic nitrogens is 1. The van der Waals surface area contributed by atoms with Crippen molar-refractivity contribution < 1.29 is 8.42 Å². The minimum Gasteiger partial charge on any atom is -0.311 e. The Morgan fingerprint density at radius 3 is 2.48 bits per heavy atom. The third-order valence-electron chi connectivity index (χ3n) is 4.24. The summed E-state index contributed by atoms with van der Waals surface area (Å²) in [5, 5.41) is 15.4. The first-order valence-corrected chi connectivity index (χ1v) is 8.96. The van der Waals surface area contributed by atoms with Crippen molar-refractivity contribution >= 4 is 20.9 Å². The summed E-state index contributed by atoms with van der Waals surface area (Å²) in [6, 6.07) is 13.6. The Kier molecular flexibility index (Phi) is 3.95. The van der Waals surface area contributed by atoms with E-state index in [2.05, 4.69) is 6.07 Å². The monoisotopic (exact) mass is 353 g/mol. The predicted molar refractivity (Wildman–Crippen MR) is 95.5 cm³/mol. The van der Waals surface area contributed by atoms with E-state index in [-0.39, 0.29) is 16.0 Å². The molecule has 2 aromatic carbocycles. The number of benzene rings is 2. The maximum absolute atomic E-state index is 12.2. The normalized spacial score (nSPS) is 11.4. The van der Waals surface area contributed by atoms with Crippen LogP contribution >= 0.6 is 0 Å². The maximum atomic E-state index is 12.2. The average Bonchev–Trinajstić information content (AvgIpc) is 2.59. The molecule has 3 aromatic rings. The Labute approximate surface area is 144 Å². The van der Waals surface area contributed by atoms with Crippen LogP contribution in [0.25, 0.3) is 22.0 Å². The average molecular weight is 353 g/mol. The van der Waals surface area contributed by atoms with Crippen LogP contribution in [-0.2, 0) is 17.1 Å². The summed E-state index contributed by atoms with van der Waals surface area (Å²) in [6.45, 7) is 1.60. The lowest BCUT2D eigenvalue weighted by Gasteiger charge is -2.12. The number of nitriles is 1. The second-order valence-electron chi connectivity index (χ2n) is 5.75. The highest BCUT2D eigenvalue weighted by Gasteiger charge is 2.17. The fraction of sp³-hybridized carbons (Fsp3) is 0.111. The van der Waals surface area contributed by atoms with E-state index in [1.165, 1.54) is 10.6 Å². The Morgan fingerprint density at radius 1 is 1.16 bits per heavy atom. The number of rotatable bonds is 2. The van der Waals surface area contributed by atoms with Gasteiger partial charge >= 0.3 is 0 Å². The number of primary sulfonamides is 1. The van der Waals surface area contributed by atoms with Gasteiger partial charge in [0.15, 0.2) is 0 Å². The lowest BCUT2D eigenvalue weighted by molar-refractivity contribution is 0.598. The summed E-state index contributed by atoms with van der Waals surface area (Å²) >= 11 is 0. The van der Waals surface area contributed by atoms with Crippen molar-refractivity contribution in [2.75, 3.05) is 0 Å². The number of hydrogen-bond acceptors (Lipinski definition) is 4. The molecule has 0 aliphatic carbocycles. The standard InChI is InChI=1S/C18H15N3O3S/c1-11-15(10-19)14-9-12(7-8-16(14)21(2)18(11)22)13-5-3-4-6-17(13)25(20,23)24/h3-9H,1-2H3,(H2,20,23,24). The Bertz CT molecular complexity index is 1220. The third-order valence-corrected chi connectivity index (χ3v) is 5.21. The molecule has 0 saturated heterocycles. The van der Waals surface area contributed by atoms with Crippen LogP contribution in [0.3, 0.4) is 0 Å². The minimum absolute atomic E-state index is 0.00870. The fourth-order valence-corrected chi connectivity index (χ4v) is 3.72. The van der Waals surface area contributed by atoms with Crippen LogP contribution in [0, 0.1) is 18.3 Å². The first-order chi connectivity index (χ1) is 11.8. The molecule has 0 saturated carbocycles. The molecule has 0 aliphatic heterocycles. The molecular weight excluding hydrogens is 338 g/mol. The predicted octanol–water partition coefficient (Wildman–Crippen LogP) is 2.03. The maximum Gasteiger partial charge on any atom is 0.255 e. The van der Waals surface area contributed by atoms with Crippen molar-refractivity contribution in [2.24, 2.45) is 12.2 Å². The van der Waals surface area contributed by atoms with Crippen LogP contribution in [0.5, 0.6) is 0 Å². The number of sulfonamides is 1. The molecule has 2 N–H and O–H groups in total.